The van der Waals surface area contributed by atoms with E-state index in [2.05, 4.69) is 4.72 Å². The summed E-state index contributed by atoms with van der Waals surface area (Å²) in [5, 5.41) is 0. The lowest BCUT2D eigenvalue weighted by Gasteiger charge is -2.19. The molecule has 3 rings (SSSR count). The predicted molar refractivity (Wildman–Crippen MR) is 103 cm³/mol. The summed E-state index contributed by atoms with van der Waals surface area (Å²) in [6.07, 6.45) is 1.62. The van der Waals surface area contributed by atoms with Gasteiger partial charge < -0.3 is 4.74 Å². The lowest BCUT2D eigenvalue weighted by Crippen LogP contribution is -2.28. The molecule has 0 atom stereocenters. The molecule has 7 nitrogen and oxygen atoms in total. The molecule has 0 spiro atoms. The van der Waals surface area contributed by atoms with Crippen molar-refractivity contribution in [3.05, 3.63) is 48.5 Å². The van der Waals surface area contributed by atoms with Crippen LogP contribution in [0.1, 0.15) is 19.8 Å². The molecule has 146 valence electrons. The van der Waals surface area contributed by atoms with Crippen molar-refractivity contribution >= 4 is 25.7 Å². The molecule has 0 bridgehead atoms. The molecule has 0 unspecified atom stereocenters. The third-order valence-corrected chi connectivity index (χ3v) is 7.55. The second-order valence-electron chi connectivity index (χ2n) is 6.12. The van der Waals surface area contributed by atoms with Crippen molar-refractivity contribution in [2.45, 2.75) is 29.6 Å². The van der Waals surface area contributed by atoms with Crippen molar-refractivity contribution in [3.63, 3.8) is 0 Å². The monoisotopic (exact) mass is 410 g/mol. The van der Waals surface area contributed by atoms with Gasteiger partial charge in [-0.1, -0.05) is 18.2 Å². The number of benzene rings is 2. The molecule has 0 radical (unpaired) electrons. The SMILES string of the molecule is CCOc1ccc(NS(=O)(=O)c2ccccc2)cc1S(=O)(=O)N1CCCC1. The van der Waals surface area contributed by atoms with Gasteiger partial charge in [0.15, 0.2) is 0 Å². The van der Waals surface area contributed by atoms with E-state index in [1.54, 1.807) is 25.1 Å². The standard InChI is InChI=1S/C18H22N2O5S2/c1-2-25-17-11-10-15(19-26(21,22)16-8-4-3-5-9-16)14-18(17)27(23,24)20-12-6-7-13-20/h3-5,8-11,14,19H,2,6-7,12-13H2,1H3. The van der Waals surface area contributed by atoms with E-state index in [4.69, 9.17) is 4.74 Å². The Kier molecular flexibility index (Phi) is 5.73. The maximum absolute atomic E-state index is 13.0. The number of sulfonamides is 2. The van der Waals surface area contributed by atoms with Gasteiger partial charge in [0.25, 0.3) is 10.0 Å². The Bertz CT molecular complexity index is 999. The lowest BCUT2D eigenvalue weighted by molar-refractivity contribution is 0.330. The van der Waals surface area contributed by atoms with E-state index in [1.165, 1.54) is 34.6 Å². The number of rotatable bonds is 7. The summed E-state index contributed by atoms with van der Waals surface area (Å²) in [5.41, 5.74) is 0.167. The van der Waals surface area contributed by atoms with Crippen LogP contribution in [0, 0.1) is 0 Å². The molecule has 1 saturated heterocycles. The second kappa shape index (κ2) is 7.87. The van der Waals surface area contributed by atoms with Crippen LogP contribution in [0.15, 0.2) is 58.3 Å². The molecule has 0 saturated carbocycles. The number of ether oxygens (including phenoxy) is 1. The molecule has 2 aromatic rings. The minimum absolute atomic E-state index is 0.0282. The van der Waals surface area contributed by atoms with E-state index in [0.717, 1.165) is 12.8 Å². The summed E-state index contributed by atoms with van der Waals surface area (Å²) >= 11 is 0. The van der Waals surface area contributed by atoms with Crippen molar-refractivity contribution in [1.29, 1.82) is 0 Å². The Morgan fingerprint density at radius 1 is 1.00 bits per heavy atom. The van der Waals surface area contributed by atoms with Crippen molar-refractivity contribution in [2.75, 3.05) is 24.4 Å². The van der Waals surface area contributed by atoms with Crippen LogP contribution < -0.4 is 9.46 Å². The van der Waals surface area contributed by atoms with Gasteiger partial charge in [0.2, 0.25) is 10.0 Å². The quantitative estimate of drug-likeness (QED) is 0.758. The molecular weight excluding hydrogens is 388 g/mol. The Labute approximate surface area is 160 Å². The summed E-state index contributed by atoms with van der Waals surface area (Å²) in [5.74, 6) is 0.215. The molecule has 1 N–H and O–H groups in total. The maximum Gasteiger partial charge on any atom is 0.261 e. The molecule has 27 heavy (non-hydrogen) atoms. The highest BCUT2D eigenvalue weighted by molar-refractivity contribution is 7.92. The van der Waals surface area contributed by atoms with Crippen molar-refractivity contribution in [2.24, 2.45) is 0 Å². The van der Waals surface area contributed by atoms with Gasteiger partial charge in [-0.05, 0) is 50.1 Å². The van der Waals surface area contributed by atoms with Gasteiger partial charge in [0, 0.05) is 13.1 Å². The topological polar surface area (TPSA) is 92.8 Å². The molecule has 9 heteroatoms. The molecule has 1 aliphatic heterocycles. The number of nitrogens with one attached hydrogen (secondary N) is 1. The van der Waals surface area contributed by atoms with Crippen molar-refractivity contribution < 1.29 is 21.6 Å². The van der Waals surface area contributed by atoms with Gasteiger partial charge in [-0.3, -0.25) is 4.72 Å². The van der Waals surface area contributed by atoms with E-state index in [0.29, 0.717) is 19.7 Å². The minimum atomic E-state index is -3.82. The van der Waals surface area contributed by atoms with Crippen LogP contribution in [0.25, 0.3) is 0 Å². The van der Waals surface area contributed by atoms with Gasteiger partial charge in [0.05, 0.1) is 17.2 Å². The number of nitrogens with zero attached hydrogens (tertiary/aromatic N) is 1. The first-order valence-corrected chi connectivity index (χ1v) is 11.6. The zero-order chi connectivity index (χ0) is 19.5. The van der Waals surface area contributed by atoms with Crippen LogP contribution in [0.3, 0.4) is 0 Å². The van der Waals surface area contributed by atoms with E-state index in [-0.39, 0.29) is 21.2 Å². The summed E-state index contributed by atoms with van der Waals surface area (Å²) in [4.78, 5) is 0.0716. The van der Waals surface area contributed by atoms with Gasteiger partial charge >= 0.3 is 0 Å². The van der Waals surface area contributed by atoms with Crippen LogP contribution in [0.4, 0.5) is 5.69 Å². The third-order valence-electron chi connectivity index (χ3n) is 4.23. The smallest absolute Gasteiger partial charge is 0.261 e. The van der Waals surface area contributed by atoms with E-state index in [1.807, 2.05) is 0 Å². The lowest BCUT2D eigenvalue weighted by atomic mass is 10.3. The number of hydrogen-bond acceptors (Lipinski definition) is 5. The molecule has 0 aromatic heterocycles. The molecular formula is C18H22N2O5S2. The summed E-state index contributed by atoms with van der Waals surface area (Å²) in [6, 6.07) is 12.2. The zero-order valence-electron chi connectivity index (χ0n) is 15.0. The van der Waals surface area contributed by atoms with Gasteiger partial charge in [-0.25, -0.2) is 16.8 Å². The fraction of sp³-hybridized carbons (Fsp3) is 0.333. The van der Waals surface area contributed by atoms with Gasteiger partial charge in [-0.15, -0.1) is 0 Å². The summed E-state index contributed by atoms with van der Waals surface area (Å²) < 4.78 is 60.3. The molecule has 0 aliphatic carbocycles. The number of hydrogen-bond donors (Lipinski definition) is 1. The Morgan fingerprint density at radius 2 is 1.67 bits per heavy atom. The average Bonchev–Trinajstić information content (AvgIpc) is 3.19. The van der Waals surface area contributed by atoms with Crippen LogP contribution in [0.2, 0.25) is 0 Å². The molecule has 2 aromatic carbocycles. The highest BCUT2D eigenvalue weighted by Crippen LogP contribution is 2.32. The Morgan fingerprint density at radius 3 is 2.30 bits per heavy atom. The third kappa shape index (κ3) is 4.26. The van der Waals surface area contributed by atoms with E-state index in [9.17, 15) is 16.8 Å². The normalized spacial score (nSPS) is 15.6. The largest absolute Gasteiger partial charge is 0.492 e. The summed E-state index contributed by atoms with van der Waals surface area (Å²) in [7, 11) is -7.58. The zero-order valence-corrected chi connectivity index (χ0v) is 16.6. The Balaban J connectivity index is 1.99. The first-order valence-electron chi connectivity index (χ1n) is 8.69. The first kappa shape index (κ1) is 19.7. The van der Waals surface area contributed by atoms with E-state index < -0.39 is 20.0 Å². The van der Waals surface area contributed by atoms with Crippen LogP contribution in [0.5, 0.6) is 5.75 Å². The maximum atomic E-state index is 13.0. The number of anilines is 1. The second-order valence-corrected chi connectivity index (χ2v) is 9.71. The molecule has 1 aliphatic rings. The van der Waals surface area contributed by atoms with E-state index >= 15 is 0 Å². The average molecular weight is 411 g/mol. The van der Waals surface area contributed by atoms with Crippen molar-refractivity contribution in [1.82, 2.24) is 4.31 Å². The summed E-state index contributed by atoms with van der Waals surface area (Å²) in [6.45, 7) is 2.97. The first-order chi connectivity index (χ1) is 12.8. The Hall–Kier alpha value is -2.10. The molecule has 1 heterocycles. The van der Waals surface area contributed by atoms with Crippen LogP contribution in [-0.4, -0.2) is 40.8 Å². The minimum Gasteiger partial charge on any atom is -0.492 e. The highest BCUT2D eigenvalue weighted by Gasteiger charge is 2.30. The van der Waals surface area contributed by atoms with Crippen LogP contribution in [-0.2, 0) is 20.0 Å². The fourth-order valence-electron chi connectivity index (χ4n) is 2.93. The van der Waals surface area contributed by atoms with Gasteiger partial charge in [0.1, 0.15) is 10.6 Å². The molecule has 0 amide bonds. The van der Waals surface area contributed by atoms with Gasteiger partial charge in [-0.2, -0.15) is 4.31 Å². The van der Waals surface area contributed by atoms with Crippen LogP contribution >= 0.6 is 0 Å². The predicted octanol–water partition coefficient (Wildman–Crippen LogP) is 2.67. The fourth-order valence-corrected chi connectivity index (χ4v) is 5.67. The molecule has 1 fully saturated rings. The highest BCUT2D eigenvalue weighted by atomic mass is 32.2. The van der Waals surface area contributed by atoms with Crippen molar-refractivity contribution in [3.8, 4) is 5.75 Å².